The third-order valence-electron chi connectivity index (χ3n) is 5.00. The van der Waals surface area contributed by atoms with Gasteiger partial charge >= 0.3 is 12.2 Å². The number of nitrogens with one attached hydrogen (secondary N) is 2. The zero-order valence-electron chi connectivity index (χ0n) is 18.3. The largest absolute Gasteiger partial charge is 0.416 e. The second-order valence-electron chi connectivity index (χ2n) is 7.40. The molecule has 0 atom stereocenters. The maximum atomic E-state index is 14.5. The Kier molecular flexibility index (Phi) is 6.36. The molecule has 4 aromatic rings. The lowest BCUT2D eigenvalue weighted by Gasteiger charge is -2.11. The molecule has 0 saturated carbocycles. The highest BCUT2D eigenvalue weighted by molar-refractivity contribution is 6.00. The number of hydrogen-bond acceptors (Lipinski definition) is 5. The minimum absolute atomic E-state index is 0.0703. The molecule has 0 bridgehead atoms. The zero-order valence-corrected chi connectivity index (χ0v) is 18.3. The molecule has 0 aliphatic carbocycles. The number of nitrogen functional groups attached to an aromatic ring is 1. The molecule has 0 aliphatic heterocycles. The first-order valence-electron chi connectivity index (χ1n) is 10.4. The Morgan fingerprint density at radius 3 is 2.49 bits per heavy atom. The van der Waals surface area contributed by atoms with E-state index in [2.05, 4.69) is 25.7 Å². The molecule has 12 heteroatoms. The summed E-state index contributed by atoms with van der Waals surface area (Å²) in [6, 6.07) is 8.84. The number of hydrogen-bond donors (Lipinski definition) is 3. The van der Waals surface area contributed by atoms with Crippen molar-refractivity contribution >= 4 is 23.4 Å². The minimum atomic E-state index is -4.49. The Hall–Kier alpha value is -4.48. The van der Waals surface area contributed by atoms with Crippen LogP contribution in [0.25, 0.3) is 22.5 Å². The Balaban J connectivity index is 1.59. The molecule has 2 heterocycles. The molecule has 2 aromatic heterocycles. The number of benzene rings is 2. The van der Waals surface area contributed by atoms with E-state index in [0.717, 1.165) is 24.3 Å². The number of halogens is 4. The number of alkyl halides is 3. The van der Waals surface area contributed by atoms with Crippen molar-refractivity contribution in [2.45, 2.75) is 19.6 Å². The van der Waals surface area contributed by atoms with Gasteiger partial charge in [-0.25, -0.2) is 19.2 Å². The molecule has 4 N–H and O–H groups in total. The summed E-state index contributed by atoms with van der Waals surface area (Å²) in [5.74, 6) is -0.632. The number of amides is 2. The first kappa shape index (κ1) is 23.7. The molecular weight excluding hydrogens is 466 g/mol. The van der Waals surface area contributed by atoms with E-state index in [9.17, 15) is 22.4 Å². The monoisotopic (exact) mass is 485 g/mol. The molecule has 8 nitrogen and oxygen atoms in total. The average Bonchev–Trinajstić information content (AvgIpc) is 3.25. The summed E-state index contributed by atoms with van der Waals surface area (Å²) in [4.78, 5) is 20.5. The average molecular weight is 485 g/mol. The van der Waals surface area contributed by atoms with Gasteiger partial charge in [-0.2, -0.15) is 18.3 Å². The van der Waals surface area contributed by atoms with E-state index in [-0.39, 0.29) is 17.3 Å². The van der Waals surface area contributed by atoms with Gasteiger partial charge in [-0.15, -0.1) is 0 Å². The lowest BCUT2D eigenvalue weighted by atomic mass is 10.0. The maximum absolute atomic E-state index is 14.5. The summed E-state index contributed by atoms with van der Waals surface area (Å²) in [5.41, 5.74) is 6.95. The molecule has 0 saturated heterocycles. The van der Waals surface area contributed by atoms with Crippen molar-refractivity contribution in [2.75, 3.05) is 16.4 Å². The first-order valence-corrected chi connectivity index (χ1v) is 10.4. The third-order valence-corrected chi connectivity index (χ3v) is 5.00. The number of rotatable bonds is 5. The number of urea groups is 1. The van der Waals surface area contributed by atoms with Crippen molar-refractivity contribution in [3.63, 3.8) is 0 Å². The van der Waals surface area contributed by atoms with Crippen LogP contribution in [-0.4, -0.2) is 25.8 Å². The number of carbonyl (C=O) groups is 1. The summed E-state index contributed by atoms with van der Waals surface area (Å²) in [7, 11) is 0. The van der Waals surface area contributed by atoms with E-state index in [4.69, 9.17) is 5.73 Å². The van der Waals surface area contributed by atoms with E-state index in [1.165, 1.54) is 24.4 Å². The van der Waals surface area contributed by atoms with E-state index in [0.29, 0.717) is 29.1 Å². The van der Waals surface area contributed by atoms with Crippen LogP contribution < -0.4 is 16.4 Å². The molecule has 180 valence electrons. The number of aromatic nitrogens is 4. The molecule has 2 amide bonds. The summed E-state index contributed by atoms with van der Waals surface area (Å²) >= 11 is 0. The molecular formula is C23H19F4N7O. The molecule has 0 spiro atoms. The maximum Gasteiger partial charge on any atom is 0.416 e. The van der Waals surface area contributed by atoms with Crippen molar-refractivity contribution in [1.29, 1.82) is 0 Å². The highest BCUT2D eigenvalue weighted by atomic mass is 19.4. The number of nitrogens with zero attached hydrogens (tertiary/aromatic N) is 4. The zero-order chi connectivity index (χ0) is 25.2. The molecule has 2 aromatic carbocycles. The quantitative estimate of drug-likeness (QED) is 0.327. The Morgan fingerprint density at radius 2 is 1.83 bits per heavy atom. The van der Waals surface area contributed by atoms with Crippen molar-refractivity contribution in [3.05, 3.63) is 72.3 Å². The molecule has 0 aliphatic rings. The minimum Gasteiger partial charge on any atom is -0.368 e. The molecule has 0 unspecified atom stereocenters. The first-order chi connectivity index (χ1) is 16.6. The van der Waals surface area contributed by atoms with Crippen molar-refractivity contribution in [1.82, 2.24) is 19.7 Å². The Labute approximate surface area is 196 Å². The highest BCUT2D eigenvalue weighted by Gasteiger charge is 2.30. The van der Waals surface area contributed by atoms with Gasteiger partial charge in [0.05, 0.1) is 16.9 Å². The fourth-order valence-electron chi connectivity index (χ4n) is 3.31. The molecule has 0 radical (unpaired) electrons. The van der Waals surface area contributed by atoms with Gasteiger partial charge in [0, 0.05) is 30.2 Å². The van der Waals surface area contributed by atoms with Gasteiger partial charge in [0.2, 0.25) is 5.95 Å². The topological polar surface area (TPSA) is 111 Å². The van der Waals surface area contributed by atoms with Crippen molar-refractivity contribution < 1.29 is 22.4 Å². The summed E-state index contributed by atoms with van der Waals surface area (Å²) in [6.07, 6.45) is -1.24. The fraction of sp³-hybridized carbons (Fsp3) is 0.130. The van der Waals surface area contributed by atoms with Crippen LogP contribution in [0.15, 0.2) is 60.9 Å². The van der Waals surface area contributed by atoms with Crippen molar-refractivity contribution in [2.24, 2.45) is 0 Å². The summed E-state index contributed by atoms with van der Waals surface area (Å²) < 4.78 is 54.3. The van der Waals surface area contributed by atoms with Crippen LogP contribution in [0.2, 0.25) is 0 Å². The second-order valence-corrected chi connectivity index (χ2v) is 7.40. The van der Waals surface area contributed by atoms with E-state index < -0.39 is 23.6 Å². The summed E-state index contributed by atoms with van der Waals surface area (Å²) in [5, 5.41) is 9.27. The predicted molar refractivity (Wildman–Crippen MR) is 123 cm³/mol. The van der Waals surface area contributed by atoms with E-state index >= 15 is 0 Å². The highest BCUT2D eigenvalue weighted by Crippen LogP contribution is 2.33. The van der Waals surface area contributed by atoms with Gasteiger partial charge in [-0.1, -0.05) is 6.07 Å². The lowest BCUT2D eigenvalue weighted by molar-refractivity contribution is -0.137. The van der Waals surface area contributed by atoms with Crippen LogP contribution in [0.5, 0.6) is 0 Å². The molecule has 35 heavy (non-hydrogen) atoms. The number of aryl methyl sites for hydroxylation is 1. The van der Waals surface area contributed by atoms with Gasteiger partial charge in [0.1, 0.15) is 11.5 Å². The van der Waals surface area contributed by atoms with Crippen LogP contribution in [-0.2, 0) is 12.7 Å². The van der Waals surface area contributed by atoms with Crippen LogP contribution in [0.3, 0.4) is 0 Å². The smallest absolute Gasteiger partial charge is 0.368 e. The summed E-state index contributed by atoms with van der Waals surface area (Å²) in [6.45, 7) is 2.47. The van der Waals surface area contributed by atoms with Crippen LogP contribution in [0.1, 0.15) is 12.5 Å². The van der Waals surface area contributed by atoms with Gasteiger partial charge in [-0.3, -0.25) is 4.68 Å². The number of anilines is 3. The van der Waals surface area contributed by atoms with Crippen LogP contribution in [0, 0.1) is 5.82 Å². The van der Waals surface area contributed by atoms with Gasteiger partial charge in [0.25, 0.3) is 0 Å². The van der Waals surface area contributed by atoms with E-state index in [1.807, 2.05) is 6.92 Å². The SMILES string of the molecule is CCn1cc(-c2ccc(F)c(NC(=O)Nc3ccc(C(F)(F)F)cc3)c2)c(-c2ccnc(N)n2)n1. The Bertz CT molecular complexity index is 1370. The van der Waals surface area contributed by atoms with Gasteiger partial charge in [0.15, 0.2) is 0 Å². The van der Waals surface area contributed by atoms with Crippen LogP contribution >= 0.6 is 0 Å². The van der Waals surface area contributed by atoms with Gasteiger partial charge in [-0.05, 0) is 55.0 Å². The predicted octanol–water partition coefficient (Wildman–Crippen LogP) is 5.41. The van der Waals surface area contributed by atoms with Crippen LogP contribution in [0.4, 0.5) is 39.7 Å². The van der Waals surface area contributed by atoms with Gasteiger partial charge < -0.3 is 16.4 Å². The fourth-order valence-corrected chi connectivity index (χ4v) is 3.31. The van der Waals surface area contributed by atoms with Crippen molar-refractivity contribution in [3.8, 4) is 22.5 Å². The second kappa shape index (κ2) is 9.41. The molecule has 4 rings (SSSR count). The van der Waals surface area contributed by atoms with E-state index in [1.54, 1.807) is 16.9 Å². The number of carbonyl (C=O) groups excluding carboxylic acids is 1. The number of nitrogens with two attached hydrogens (primary N) is 1. The normalized spacial score (nSPS) is 11.3. The lowest BCUT2D eigenvalue weighted by Crippen LogP contribution is -2.20. The third kappa shape index (κ3) is 5.37. The molecule has 0 fully saturated rings. The standard InChI is InChI=1S/C23H19F4N7O/c1-2-34-12-16(20(33-34)18-9-10-29-21(28)31-18)13-3-8-17(24)19(11-13)32-22(35)30-15-6-4-14(5-7-15)23(25,26)27/h3-12H,2H2,1H3,(H2,28,29,31)(H2,30,32,35). The Morgan fingerprint density at radius 1 is 1.09 bits per heavy atom.